The van der Waals surface area contributed by atoms with Crippen LogP contribution in [0.15, 0.2) is 12.1 Å². The van der Waals surface area contributed by atoms with Crippen molar-refractivity contribution in [2.24, 2.45) is 11.8 Å². The van der Waals surface area contributed by atoms with Crippen LogP contribution < -0.4 is 11.3 Å². The third-order valence-electron chi connectivity index (χ3n) is 3.83. The predicted octanol–water partition coefficient (Wildman–Crippen LogP) is 1.62. The molecule has 2 unspecified atom stereocenters. The Kier molecular flexibility index (Phi) is 5.19. The first-order chi connectivity index (χ1) is 9.40. The van der Waals surface area contributed by atoms with E-state index in [2.05, 4.69) is 24.5 Å². The normalized spacial score (nSPS) is 22.9. The minimum atomic E-state index is -3.08. The van der Waals surface area contributed by atoms with Crippen LogP contribution in [0.2, 0.25) is 0 Å². The molecule has 0 aromatic carbocycles. The molecule has 1 saturated heterocycles. The molecule has 5 nitrogen and oxygen atoms in total. The van der Waals surface area contributed by atoms with Gasteiger partial charge in [-0.2, -0.15) is 0 Å². The molecule has 1 aromatic rings. The predicted molar refractivity (Wildman–Crippen MR) is 82.9 cm³/mol. The first-order valence-electron chi connectivity index (χ1n) is 6.87. The van der Waals surface area contributed by atoms with E-state index in [0.717, 1.165) is 19.3 Å². The van der Waals surface area contributed by atoms with Gasteiger partial charge in [0.05, 0.1) is 12.3 Å². The minimum absolute atomic E-state index is 0.109. The highest BCUT2D eigenvalue weighted by atomic mass is 32.2. The number of hydrazine groups is 1. The fourth-order valence-corrected chi connectivity index (χ4v) is 4.65. The molecule has 0 bridgehead atoms. The highest BCUT2D eigenvalue weighted by molar-refractivity contribution is 7.88. The van der Waals surface area contributed by atoms with Gasteiger partial charge in [0, 0.05) is 22.8 Å². The maximum atomic E-state index is 11.6. The molecule has 1 aliphatic heterocycles. The molecule has 2 heterocycles. The van der Waals surface area contributed by atoms with Gasteiger partial charge in [0.1, 0.15) is 0 Å². The maximum absolute atomic E-state index is 11.6. The van der Waals surface area contributed by atoms with E-state index in [1.165, 1.54) is 16.0 Å². The molecule has 20 heavy (non-hydrogen) atoms. The molecule has 1 fully saturated rings. The highest BCUT2D eigenvalue weighted by Crippen LogP contribution is 2.31. The number of aryl methyl sites for hydroxylation is 1. The Morgan fingerprint density at radius 3 is 2.85 bits per heavy atom. The summed E-state index contributed by atoms with van der Waals surface area (Å²) in [5, 5.41) is 0. The van der Waals surface area contributed by atoms with E-state index < -0.39 is 10.0 Å². The molecule has 0 spiro atoms. The topological polar surface area (TPSA) is 75.4 Å². The van der Waals surface area contributed by atoms with Gasteiger partial charge in [0.2, 0.25) is 10.0 Å². The quantitative estimate of drug-likeness (QED) is 0.639. The van der Waals surface area contributed by atoms with Gasteiger partial charge in [-0.25, -0.2) is 12.7 Å². The number of nitrogens with two attached hydrogens (primary N) is 1. The summed E-state index contributed by atoms with van der Waals surface area (Å²) < 4.78 is 24.9. The molecule has 7 heteroatoms. The van der Waals surface area contributed by atoms with Crippen LogP contribution in [0.5, 0.6) is 0 Å². The second kappa shape index (κ2) is 6.53. The maximum Gasteiger partial charge on any atom is 0.211 e. The van der Waals surface area contributed by atoms with Gasteiger partial charge < -0.3 is 0 Å². The number of rotatable bonds is 5. The Labute approximate surface area is 125 Å². The zero-order valence-electron chi connectivity index (χ0n) is 12.0. The summed E-state index contributed by atoms with van der Waals surface area (Å²) >= 11 is 1.74. The zero-order chi connectivity index (χ0) is 14.8. The van der Waals surface area contributed by atoms with E-state index in [4.69, 9.17) is 5.84 Å². The molecule has 3 N–H and O–H groups in total. The molecule has 1 aliphatic rings. The van der Waals surface area contributed by atoms with E-state index in [-0.39, 0.29) is 6.04 Å². The number of nitrogens with zero attached hydrogens (tertiary/aromatic N) is 1. The first kappa shape index (κ1) is 15.9. The standard InChI is InChI=1S/C13H23N3O2S2/c1-10-5-6-13(19-10)12(15-14)8-11-4-3-7-16(9-11)20(2,17)18/h5-6,11-12,15H,3-4,7-9,14H2,1-2H3. The summed E-state index contributed by atoms with van der Waals surface area (Å²) in [5.41, 5.74) is 2.88. The van der Waals surface area contributed by atoms with Crippen molar-refractivity contribution < 1.29 is 8.42 Å². The Hall–Kier alpha value is -0.470. The van der Waals surface area contributed by atoms with Gasteiger partial charge in [0.25, 0.3) is 0 Å². The number of hydrogen-bond acceptors (Lipinski definition) is 5. The van der Waals surface area contributed by atoms with Crippen molar-refractivity contribution >= 4 is 21.4 Å². The molecule has 0 amide bonds. The molecular weight excluding hydrogens is 294 g/mol. The SMILES string of the molecule is Cc1ccc(C(CC2CCCN(S(C)(=O)=O)C2)NN)s1. The fraction of sp³-hybridized carbons (Fsp3) is 0.692. The second-order valence-corrected chi connectivity index (χ2v) is 8.83. The summed E-state index contributed by atoms with van der Waals surface area (Å²) in [6.45, 7) is 3.34. The largest absolute Gasteiger partial charge is 0.271 e. The van der Waals surface area contributed by atoms with Crippen molar-refractivity contribution in [3.63, 3.8) is 0 Å². The lowest BCUT2D eigenvalue weighted by Gasteiger charge is -2.32. The van der Waals surface area contributed by atoms with Crippen LogP contribution in [0.4, 0.5) is 0 Å². The van der Waals surface area contributed by atoms with Crippen LogP contribution in [0.1, 0.15) is 35.1 Å². The Morgan fingerprint density at radius 2 is 2.30 bits per heavy atom. The van der Waals surface area contributed by atoms with Crippen LogP contribution in [0.25, 0.3) is 0 Å². The van der Waals surface area contributed by atoms with E-state index >= 15 is 0 Å². The molecule has 2 rings (SSSR count). The molecule has 0 aliphatic carbocycles. The third kappa shape index (κ3) is 4.02. The number of piperidine rings is 1. The molecule has 0 saturated carbocycles. The van der Waals surface area contributed by atoms with Crippen molar-refractivity contribution in [3.05, 3.63) is 21.9 Å². The average molecular weight is 317 g/mol. The summed E-state index contributed by atoms with van der Waals surface area (Å²) in [5.74, 6) is 6.04. The van der Waals surface area contributed by atoms with E-state index in [9.17, 15) is 8.42 Å². The van der Waals surface area contributed by atoms with E-state index in [0.29, 0.717) is 19.0 Å². The summed E-state index contributed by atoms with van der Waals surface area (Å²) in [4.78, 5) is 2.49. The van der Waals surface area contributed by atoms with Gasteiger partial charge in [-0.3, -0.25) is 11.3 Å². The van der Waals surface area contributed by atoms with Gasteiger partial charge in [0.15, 0.2) is 0 Å². The lowest BCUT2D eigenvalue weighted by atomic mass is 9.92. The number of nitrogens with one attached hydrogen (secondary N) is 1. The van der Waals surface area contributed by atoms with Crippen molar-refractivity contribution in [3.8, 4) is 0 Å². The lowest BCUT2D eigenvalue weighted by molar-refractivity contribution is 0.239. The van der Waals surface area contributed by atoms with Gasteiger partial charge in [-0.05, 0) is 44.2 Å². The summed E-state index contributed by atoms with van der Waals surface area (Å²) in [7, 11) is -3.08. The van der Waals surface area contributed by atoms with Gasteiger partial charge in [-0.1, -0.05) is 0 Å². The van der Waals surface area contributed by atoms with Crippen LogP contribution >= 0.6 is 11.3 Å². The molecule has 114 valence electrons. The number of sulfonamides is 1. The zero-order valence-corrected chi connectivity index (χ0v) is 13.6. The number of hydrogen-bond donors (Lipinski definition) is 2. The molecule has 0 radical (unpaired) electrons. The molecular formula is C13H23N3O2S2. The van der Waals surface area contributed by atoms with E-state index in [1.54, 1.807) is 15.6 Å². The van der Waals surface area contributed by atoms with Crippen LogP contribution in [0.3, 0.4) is 0 Å². The fourth-order valence-electron chi connectivity index (χ4n) is 2.76. The average Bonchev–Trinajstić information content (AvgIpc) is 2.82. The van der Waals surface area contributed by atoms with Crippen molar-refractivity contribution in [1.82, 2.24) is 9.73 Å². The Bertz CT molecular complexity index is 542. The third-order valence-corrected chi connectivity index (χ3v) is 6.21. The Morgan fingerprint density at radius 1 is 1.55 bits per heavy atom. The smallest absolute Gasteiger partial charge is 0.211 e. The van der Waals surface area contributed by atoms with Crippen LogP contribution in [0, 0.1) is 12.8 Å². The summed E-state index contributed by atoms with van der Waals surface area (Å²) in [6, 6.07) is 4.30. The summed E-state index contributed by atoms with van der Waals surface area (Å²) in [6.07, 6.45) is 4.16. The number of thiophene rings is 1. The van der Waals surface area contributed by atoms with E-state index in [1.807, 2.05) is 0 Å². The van der Waals surface area contributed by atoms with Crippen LogP contribution in [-0.2, 0) is 10.0 Å². The molecule has 2 atom stereocenters. The lowest BCUT2D eigenvalue weighted by Crippen LogP contribution is -2.40. The first-order valence-corrected chi connectivity index (χ1v) is 9.54. The van der Waals surface area contributed by atoms with Crippen molar-refractivity contribution in [1.29, 1.82) is 0 Å². The molecule has 1 aromatic heterocycles. The van der Waals surface area contributed by atoms with Gasteiger partial charge >= 0.3 is 0 Å². The van der Waals surface area contributed by atoms with Crippen LogP contribution in [-0.4, -0.2) is 32.1 Å². The Balaban J connectivity index is 2.01. The second-order valence-electron chi connectivity index (χ2n) is 5.53. The van der Waals surface area contributed by atoms with Gasteiger partial charge in [-0.15, -0.1) is 11.3 Å². The monoisotopic (exact) mass is 317 g/mol. The van der Waals surface area contributed by atoms with Crippen molar-refractivity contribution in [2.75, 3.05) is 19.3 Å². The minimum Gasteiger partial charge on any atom is -0.271 e. The highest BCUT2D eigenvalue weighted by Gasteiger charge is 2.28. The van der Waals surface area contributed by atoms with Crippen molar-refractivity contribution in [2.45, 2.75) is 32.2 Å².